The zero-order chi connectivity index (χ0) is 14.7. The van der Waals surface area contributed by atoms with Crippen molar-refractivity contribution in [2.75, 3.05) is 0 Å². The molecule has 1 atom stereocenters. The minimum atomic E-state index is -0.946. The zero-order valence-electron chi connectivity index (χ0n) is 10.7. The molecule has 0 fully saturated rings. The average Bonchev–Trinajstić information content (AvgIpc) is 2.39. The van der Waals surface area contributed by atoms with Crippen LogP contribution in [0.1, 0.15) is 27.4 Å². The number of hydrogen-bond donors (Lipinski definition) is 0. The number of nitrogens with zero attached hydrogens (tertiary/aromatic N) is 1. The highest BCUT2D eigenvalue weighted by Crippen LogP contribution is 2.26. The maximum absolute atomic E-state index is 13.0. The van der Waals surface area contributed by atoms with Crippen molar-refractivity contribution in [1.29, 1.82) is 5.26 Å². The second-order valence-corrected chi connectivity index (χ2v) is 4.87. The normalized spacial score (nSPS) is 11.7. The summed E-state index contributed by atoms with van der Waals surface area (Å²) in [5, 5.41) is 9.28. The third-order valence-electron chi connectivity index (χ3n) is 2.96. The van der Waals surface area contributed by atoms with Gasteiger partial charge in [-0.3, -0.25) is 4.79 Å². The smallest absolute Gasteiger partial charge is 0.185 e. The molecule has 0 aromatic heterocycles. The summed E-state index contributed by atoms with van der Waals surface area (Å²) in [4.78, 5) is 12.4. The fourth-order valence-electron chi connectivity index (χ4n) is 1.98. The van der Waals surface area contributed by atoms with Crippen molar-refractivity contribution in [3.63, 3.8) is 0 Å². The van der Waals surface area contributed by atoms with E-state index in [2.05, 4.69) is 0 Å². The van der Waals surface area contributed by atoms with Crippen LogP contribution in [0.5, 0.6) is 0 Å². The highest BCUT2D eigenvalue weighted by molar-refractivity contribution is 6.34. The standard InChI is InChI=1S/C16H11ClFNO/c1-10-3-2-4-11(7-10)14(9-19)16(20)13-6-5-12(18)8-15(13)17/h2-8,14H,1H3. The molecular weight excluding hydrogens is 277 g/mol. The zero-order valence-corrected chi connectivity index (χ0v) is 11.5. The molecule has 2 rings (SSSR count). The second kappa shape index (κ2) is 5.85. The van der Waals surface area contributed by atoms with Crippen molar-refractivity contribution in [2.24, 2.45) is 0 Å². The van der Waals surface area contributed by atoms with Gasteiger partial charge < -0.3 is 0 Å². The summed E-state index contributed by atoms with van der Waals surface area (Å²) in [5.41, 5.74) is 1.72. The molecule has 0 spiro atoms. The van der Waals surface area contributed by atoms with E-state index in [1.165, 1.54) is 6.07 Å². The van der Waals surface area contributed by atoms with Gasteiger partial charge in [-0.1, -0.05) is 41.4 Å². The molecule has 0 N–H and O–H groups in total. The first kappa shape index (κ1) is 14.2. The summed E-state index contributed by atoms with van der Waals surface area (Å²) in [6.07, 6.45) is 0. The molecule has 2 aromatic rings. The van der Waals surface area contributed by atoms with Crippen LogP contribution in [0.2, 0.25) is 5.02 Å². The van der Waals surface area contributed by atoms with Crippen LogP contribution in [-0.2, 0) is 0 Å². The van der Waals surface area contributed by atoms with Crippen molar-refractivity contribution in [3.8, 4) is 6.07 Å². The molecule has 0 saturated carbocycles. The molecule has 0 aliphatic rings. The summed E-state index contributed by atoms with van der Waals surface area (Å²) in [6.45, 7) is 1.88. The Morgan fingerprint density at radius 3 is 2.65 bits per heavy atom. The van der Waals surface area contributed by atoms with E-state index >= 15 is 0 Å². The molecule has 0 bridgehead atoms. The lowest BCUT2D eigenvalue weighted by molar-refractivity contribution is 0.0979. The molecule has 1 unspecified atom stereocenters. The number of carbonyl (C=O) groups excluding carboxylic acids is 1. The molecule has 100 valence electrons. The Morgan fingerprint density at radius 2 is 2.05 bits per heavy atom. The van der Waals surface area contributed by atoms with Gasteiger partial charge in [0, 0.05) is 5.56 Å². The van der Waals surface area contributed by atoms with Crippen molar-refractivity contribution in [3.05, 3.63) is 70.0 Å². The van der Waals surface area contributed by atoms with Gasteiger partial charge in [-0.25, -0.2) is 4.39 Å². The maximum Gasteiger partial charge on any atom is 0.185 e. The maximum atomic E-state index is 13.0. The lowest BCUT2D eigenvalue weighted by atomic mass is 9.91. The van der Waals surface area contributed by atoms with E-state index in [1.807, 2.05) is 19.1 Å². The Balaban J connectivity index is 2.42. The molecule has 0 saturated heterocycles. The minimum absolute atomic E-state index is 0.0166. The number of carbonyl (C=O) groups is 1. The molecule has 0 heterocycles. The van der Waals surface area contributed by atoms with Crippen LogP contribution in [0, 0.1) is 24.1 Å². The van der Waals surface area contributed by atoms with Crippen LogP contribution < -0.4 is 0 Å². The number of halogens is 2. The number of nitriles is 1. The second-order valence-electron chi connectivity index (χ2n) is 4.46. The van der Waals surface area contributed by atoms with Crippen LogP contribution in [0.15, 0.2) is 42.5 Å². The van der Waals surface area contributed by atoms with E-state index in [4.69, 9.17) is 11.6 Å². The average molecular weight is 288 g/mol. The van der Waals surface area contributed by atoms with Gasteiger partial charge in [0.15, 0.2) is 5.78 Å². The quantitative estimate of drug-likeness (QED) is 0.791. The first-order valence-corrected chi connectivity index (χ1v) is 6.36. The molecule has 0 aliphatic heterocycles. The molecule has 0 aliphatic carbocycles. The Morgan fingerprint density at radius 1 is 1.30 bits per heavy atom. The SMILES string of the molecule is Cc1cccc(C(C#N)C(=O)c2ccc(F)cc2Cl)c1. The van der Waals surface area contributed by atoms with Crippen molar-refractivity contribution in [2.45, 2.75) is 12.8 Å². The van der Waals surface area contributed by atoms with E-state index in [0.29, 0.717) is 5.56 Å². The Labute approximate surface area is 121 Å². The molecule has 4 heteroatoms. The summed E-state index contributed by atoms with van der Waals surface area (Å²) in [6, 6.07) is 12.7. The van der Waals surface area contributed by atoms with Crippen LogP contribution in [-0.4, -0.2) is 5.78 Å². The first-order chi connectivity index (χ1) is 9.52. The van der Waals surface area contributed by atoms with Gasteiger partial charge in [0.1, 0.15) is 11.7 Å². The summed E-state index contributed by atoms with van der Waals surface area (Å²) in [7, 11) is 0. The molecular formula is C16H11ClFNO. The van der Waals surface area contributed by atoms with Crippen molar-refractivity contribution in [1.82, 2.24) is 0 Å². The first-order valence-electron chi connectivity index (χ1n) is 5.98. The van der Waals surface area contributed by atoms with Gasteiger partial charge in [-0.2, -0.15) is 5.26 Å². The third-order valence-corrected chi connectivity index (χ3v) is 3.28. The van der Waals surface area contributed by atoms with E-state index in [-0.39, 0.29) is 10.6 Å². The number of rotatable bonds is 3. The Hall–Kier alpha value is -2.18. The van der Waals surface area contributed by atoms with Gasteiger partial charge in [-0.15, -0.1) is 0 Å². The number of ketones is 1. The minimum Gasteiger partial charge on any atom is -0.292 e. The predicted molar refractivity (Wildman–Crippen MR) is 75.3 cm³/mol. The molecule has 20 heavy (non-hydrogen) atoms. The van der Waals surface area contributed by atoms with Crippen LogP contribution in [0.25, 0.3) is 0 Å². The summed E-state index contributed by atoms with van der Waals surface area (Å²) < 4.78 is 13.0. The van der Waals surface area contributed by atoms with Gasteiger partial charge in [0.05, 0.1) is 11.1 Å². The van der Waals surface area contributed by atoms with Gasteiger partial charge in [0.25, 0.3) is 0 Å². The summed E-state index contributed by atoms with van der Waals surface area (Å²) >= 11 is 5.87. The van der Waals surface area contributed by atoms with Crippen LogP contribution >= 0.6 is 11.6 Å². The largest absolute Gasteiger partial charge is 0.292 e. The van der Waals surface area contributed by atoms with E-state index in [9.17, 15) is 14.4 Å². The number of Topliss-reactive ketones (excluding diaryl/α,β-unsaturated/α-hetero) is 1. The van der Waals surface area contributed by atoms with Crippen LogP contribution in [0.3, 0.4) is 0 Å². The topological polar surface area (TPSA) is 40.9 Å². The monoisotopic (exact) mass is 287 g/mol. The van der Waals surface area contributed by atoms with Crippen molar-refractivity contribution >= 4 is 17.4 Å². The van der Waals surface area contributed by atoms with Gasteiger partial charge in [0.2, 0.25) is 0 Å². The highest BCUT2D eigenvalue weighted by Gasteiger charge is 2.23. The lowest BCUT2D eigenvalue weighted by Crippen LogP contribution is -2.12. The Kier molecular flexibility index (Phi) is 4.16. The van der Waals surface area contributed by atoms with E-state index in [1.54, 1.807) is 18.2 Å². The molecule has 0 radical (unpaired) electrons. The Bertz CT molecular complexity index is 706. The third kappa shape index (κ3) is 2.87. The van der Waals surface area contributed by atoms with Crippen molar-refractivity contribution < 1.29 is 9.18 Å². The molecule has 2 nitrogen and oxygen atoms in total. The van der Waals surface area contributed by atoms with Gasteiger partial charge in [-0.05, 0) is 30.7 Å². The van der Waals surface area contributed by atoms with Gasteiger partial charge >= 0.3 is 0 Å². The summed E-state index contributed by atoms with van der Waals surface area (Å²) in [5.74, 6) is -1.89. The highest BCUT2D eigenvalue weighted by atomic mass is 35.5. The number of hydrogen-bond acceptors (Lipinski definition) is 2. The number of benzene rings is 2. The number of aryl methyl sites for hydroxylation is 1. The van der Waals surface area contributed by atoms with E-state index in [0.717, 1.165) is 17.7 Å². The molecule has 2 aromatic carbocycles. The lowest BCUT2D eigenvalue weighted by Gasteiger charge is -2.10. The fourth-order valence-corrected chi connectivity index (χ4v) is 2.24. The van der Waals surface area contributed by atoms with Crippen LogP contribution in [0.4, 0.5) is 4.39 Å². The van der Waals surface area contributed by atoms with E-state index < -0.39 is 17.5 Å². The molecule has 0 amide bonds. The fraction of sp³-hybridized carbons (Fsp3) is 0.125. The predicted octanol–water partition coefficient (Wildman–Crippen LogP) is 4.28.